The number of amides is 1. The van der Waals surface area contributed by atoms with Crippen LogP contribution in [-0.4, -0.2) is 11.9 Å². The highest BCUT2D eigenvalue weighted by Gasteiger charge is 2.19. The first-order valence-electron chi connectivity index (χ1n) is 6.45. The highest BCUT2D eigenvalue weighted by molar-refractivity contribution is 9.10. The summed E-state index contributed by atoms with van der Waals surface area (Å²) >= 11 is 2.97. The van der Waals surface area contributed by atoms with Crippen molar-refractivity contribution in [3.05, 3.63) is 58.0 Å². The molecule has 0 spiro atoms. The van der Waals surface area contributed by atoms with Crippen molar-refractivity contribution >= 4 is 21.8 Å². The van der Waals surface area contributed by atoms with Crippen molar-refractivity contribution in [1.29, 1.82) is 0 Å². The highest BCUT2D eigenvalue weighted by atomic mass is 79.9. The van der Waals surface area contributed by atoms with Gasteiger partial charge in [-0.3, -0.25) is 4.79 Å². The number of aryl methyl sites for hydroxylation is 1. The smallest absolute Gasteiger partial charge is 0.257 e. The Morgan fingerprint density at radius 1 is 1.38 bits per heavy atom. The van der Waals surface area contributed by atoms with E-state index in [1.165, 1.54) is 0 Å². The first kappa shape index (κ1) is 15.7. The van der Waals surface area contributed by atoms with E-state index in [2.05, 4.69) is 21.2 Å². The molecule has 0 radical (unpaired) electrons. The second kappa shape index (κ2) is 6.85. The van der Waals surface area contributed by atoms with Crippen LogP contribution < -0.4 is 5.32 Å². The molecule has 1 atom stereocenters. The summed E-state index contributed by atoms with van der Waals surface area (Å²) in [6.07, 6.45) is 2.82. The van der Waals surface area contributed by atoms with Crippen molar-refractivity contribution in [1.82, 2.24) is 5.32 Å². The second-order valence-corrected chi connectivity index (χ2v) is 5.65. The first-order valence-corrected chi connectivity index (χ1v) is 7.24. The van der Waals surface area contributed by atoms with Gasteiger partial charge in [0.25, 0.3) is 5.91 Å². The Bertz CT molecular complexity index is 606. The number of benzene rings is 1. The van der Waals surface area contributed by atoms with Gasteiger partial charge in [0.05, 0.1) is 6.26 Å². The van der Waals surface area contributed by atoms with Crippen molar-refractivity contribution in [2.45, 2.75) is 25.8 Å². The van der Waals surface area contributed by atoms with Gasteiger partial charge >= 0.3 is 0 Å². The number of nitrogens with one attached hydrogen (secondary N) is 1. The number of rotatable bonds is 5. The maximum absolute atomic E-state index is 13.7. The molecular formula is C15H14BrF2NO2. The first-order chi connectivity index (χ1) is 9.97. The molecular weight excluding hydrogens is 344 g/mol. The molecule has 0 saturated heterocycles. The van der Waals surface area contributed by atoms with Crippen LogP contribution in [0.1, 0.15) is 29.5 Å². The van der Waals surface area contributed by atoms with Crippen molar-refractivity contribution in [2.24, 2.45) is 0 Å². The van der Waals surface area contributed by atoms with Crippen LogP contribution in [0.15, 0.2) is 39.4 Å². The van der Waals surface area contributed by atoms with E-state index in [9.17, 15) is 13.6 Å². The maximum atomic E-state index is 13.7. The van der Waals surface area contributed by atoms with Gasteiger partial charge in [-0.1, -0.05) is 15.9 Å². The molecule has 0 saturated carbocycles. The fourth-order valence-corrected chi connectivity index (χ4v) is 2.34. The van der Waals surface area contributed by atoms with Crippen LogP contribution in [0.2, 0.25) is 0 Å². The molecule has 1 aromatic heterocycles. The van der Waals surface area contributed by atoms with E-state index in [4.69, 9.17) is 4.42 Å². The quantitative estimate of drug-likeness (QED) is 0.876. The van der Waals surface area contributed by atoms with Crippen molar-refractivity contribution < 1.29 is 18.0 Å². The molecule has 1 N–H and O–H groups in total. The Balaban J connectivity index is 1.98. The third kappa shape index (κ3) is 4.14. The Kier molecular flexibility index (Phi) is 5.12. The molecule has 1 amide bonds. The highest BCUT2D eigenvalue weighted by Crippen LogP contribution is 2.19. The Morgan fingerprint density at radius 3 is 2.62 bits per heavy atom. The molecule has 2 rings (SSSR count). The van der Waals surface area contributed by atoms with Crippen LogP contribution in [0.4, 0.5) is 8.78 Å². The van der Waals surface area contributed by atoms with Gasteiger partial charge in [0.2, 0.25) is 0 Å². The predicted molar refractivity (Wildman–Crippen MR) is 78.0 cm³/mol. The number of furan rings is 1. The van der Waals surface area contributed by atoms with Crippen molar-refractivity contribution in [2.75, 3.05) is 0 Å². The normalized spacial score (nSPS) is 12.2. The minimum atomic E-state index is -0.891. The molecule has 0 bridgehead atoms. The van der Waals surface area contributed by atoms with Gasteiger partial charge in [-0.2, -0.15) is 0 Å². The molecule has 1 aromatic carbocycles. The SMILES string of the molecule is CC(CCc1ccco1)NC(=O)c1c(F)cc(Br)cc1F. The largest absolute Gasteiger partial charge is 0.469 e. The van der Waals surface area contributed by atoms with E-state index in [0.29, 0.717) is 12.8 Å². The molecule has 1 unspecified atom stereocenters. The molecule has 3 nitrogen and oxygen atoms in total. The number of carbonyl (C=O) groups is 1. The standard InChI is InChI=1S/C15H14BrF2NO2/c1-9(4-5-11-3-2-6-21-11)19-15(20)14-12(17)7-10(16)8-13(14)18/h2-3,6-9H,4-5H2,1H3,(H,19,20). The van der Waals surface area contributed by atoms with Crippen LogP contribution >= 0.6 is 15.9 Å². The van der Waals surface area contributed by atoms with E-state index in [0.717, 1.165) is 17.9 Å². The molecule has 21 heavy (non-hydrogen) atoms. The molecule has 1 heterocycles. The van der Waals surface area contributed by atoms with Gasteiger partial charge in [0, 0.05) is 16.9 Å². The van der Waals surface area contributed by atoms with E-state index >= 15 is 0 Å². The molecule has 0 aliphatic heterocycles. The molecule has 112 valence electrons. The van der Waals surface area contributed by atoms with E-state index in [1.807, 2.05) is 6.07 Å². The summed E-state index contributed by atoms with van der Waals surface area (Å²) < 4.78 is 32.8. The van der Waals surface area contributed by atoms with Gasteiger partial charge in [0.1, 0.15) is 23.0 Å². The minimum absolute atomic E-state index is 0.231. The van der Waals surface area contributed by atoms with Gasteiger partial charge < -0.3 is 9.73 Å². The Morgan fingerprint density at radius 2 is 2.05 bits per heavy atom. The molecule has 2 aromatic rings. The molecule has 0 aliphatic carbocycles. The Labute approximate surface area is 129 Å². The second-order valence-electron chi connectivity index (χ2n) is 4.74. The van der Waals surface area contributed by atoms with Crippen LogP contribution in [0, 0.1) is 11.6 Å². The zero-order valence-corrected chi connectivity index (χ0v) is 12.9. The van der Waals surface area contributed by atoms with Gasteiger partial charge in [0.15, 0.2) is 0 Å². The van der Waals surface area contributed by atoms with Crippen molar-refractivity contribution in [3.8, 4) is 0 Å². The van der Waals surface area contributed by atoms with Crippen molar-refractivity contribution in [3.63, 3.8) is 0 Å². The molecule has 0 fully saturated rings. The lowest BCUT2D eigenvalue weighted by Crippen LogP contribution is -2.34. The zero-order valence-electron chi connectivity index (χ0n) is 11.3. The third-order valence-corrected chi connectivity index (χ3v) is 3.47. The van der Waals surface area contributed by atoms with Gasteiger partial charge in [-0.05, 0) is 37.6 Å². The fourth-order valence-electron chi connectivity index (χ4n) is 1.94. The van der Waals surface area contributed by atoms with E-state index in [-0.39, 0.29) is 10.5 Å². The summed E-state index contributed by atoms with van der Waals surface area (Å²) in [4.78, 5) is 11.9. The van der Waals surface area contributed by atoms with Crippen LogP contribution in [0.25, 0.3) is 0 Å². The monoisotopic (exact) mass is 357 g/mol. The van der Waals surface area contributed by atoms with Crippen LogP contribution in [-0.2, 0) is 6.42 Å². The topological polar surface area (TPSA) is 42.2 Å². The van der Waals surface area contributed by atoms with E-state index < -0.39 is 23.1 Å². The molecule has 0 aliphatic rings. The summed E-state index contributed by atoms with van der Waals surface area (Å²) in [6.45, 7) is 1.77. The summed E-state index contributed by atoms with van der Waals surface area (Å²) in [5.41, 5.74) is -0.567. The third-order valence-electron chi connectivity index (χ3n) is 3.02. The number of hydrogen-bond donors (Lipinski definition) is 1. The van der Waals surface area contributed by atoms with Gasteiger partial charge in [-0.25, -0.2) is 8.78 Å². The average molecular weight is 358 g/mol. The predicted octanol–water partition coefficient (Wildman–Crippen LogP) is 4.07. The average Bonchev–Trinajstić information content (AvgIpc) is 2.88. The number of hydrogen-bond acceptors (Lipinski definition) is 2. The van der Waals surface area contributed by atoms with Crippen LogP contribution in [0.5, 0.6) is 0 Å². The minimum Gasteiger partial charge on any atom is -0.469 e. The van der Waals surface area contributed by atoms with Gasteiger partial charge in [-0.15, -0.1) is 0 Å². The van der Waals surface area contributed by atoms with Crippen LogP contribution in [0.3, 0.4) is 0 Å². The summed E-state index contributed by atoms with van der Waals surface area (Å²) in [5.74, 6) is -1.74. The lowest BCUT2D eigenvalue weighted by atomic mass is 10.1. The summed E-state index contributed by atoms with van der Waals surface area (Å²) in [5, 5.41) is 2.58. The number of carbonyl (C=O) groups excluding carboxylic acids is 1. The zero-order chi connectivity index (χ0) is 15.4. The van der Waals surface area contributed by atoms with E-state index in [1.54, 1.807) is 19.3 Å². The lowest BCUT2D eigenvalue weighted by Gasteiger charge is -2.14. The maximum Gasteiger partial charge on any atom is 0.257 e. The fraction of sp³-hybridized carbons (Fsp3) is 0.267. The Hall–Kier alpha value is -1.69. The summed E-state index contributed by atoms with van der Waals surface area (Å²) in [6, 6.07) is 5.51. The number of halogens is 3. The molecule has 6 heteroatoms. The lowest BCUT2D eigenvalue weighted by molar-refractivity contribution is 0.0929. The summed E-state index contributed by atoms with van der Waals surface area (Å²) in [7, 11) is 0.